The number of rotatable bonds is 4. The summed E-state index contributed by atoms with van der Waals surface area (Å²) in [6.45, 7) is 12.1. The largest absolute Gasteiger partial charge is 0.458 e. The number of aryl methyl sites for hydroxylation is 1. The number of nitrogens with zero attached hydrogens (tertiary/aromatic N) is 2. The molecule has 0 aliphatic rings. The minimum absolute atomic E-state index is 0.0471. The van der Waals surface area contributed by atoms with Gasteiger partial charge >= 0.3 is 12.1 Å². The number of esters is 1. The summed E-state index contributed by atoms with van der Waals surface area (Å²) in [4.78, 5) is 28.3. The molecule has 1 amide bonds. The van der Waals surface area contributed by atoms with Crippen molar-refractivity contribution in [3.8, 4) is 0 Å². The highest BCUT2D eigenvalue weighted by atomic mass is 16.6. The van der Waals surface area contributed by atoms with Crippen LogP contribution in [0.1, 0.15) is 53.3 Å². The number of alkyl carbamates (subject to hydrolysis) is 1. The van der Waals surface area contributed by atoms with E-state index in [1.54, 1.807) is 48.5 Å². The fourth-order valence-electron chi connectivity index (χ4n) is 1.62. The maximum atomic E-state index is 12.3. The van der Waals surface area contributed by atoms with Crippen LogP contribution in [0.4, 0.5) is 4.79 Å². The van der Waals surface area contributed by atoms with Crippen LogP contribution in [0.15, 0.2) is 4.52 Å². The summed E-state index contributed by atoms with van der Waals surface area (Å²) < 4.78 is 15.4. The van der Waals surface area contributed by atoms with Crippen molar-refractivity contribution in [3.05, 3.63) is 11.7 Å². The van der Waals surface area contributed by atoms with Gasteiger partial charge in [0, 0.05) is 13.3 Å². The number of carbonyl (C=O) groups excluding carboxylic acids is 2. The van der Waals surface area contributed by atoms with E-state index in [1.807, 2.05) is 0 Å². The Morgan fingerprint density at radius 2 is 1.70 bits per heavy atom. The average Bonchev–Trinajstić information content (AvgIpc) is 2.69. The molecule has 0 bridgehead atoms. The van der Waals surface area contributed by atoms with Crippen LogP contribution in [0.25, 0.3) is 0 Å². The molecule has 8 heteroatoms. The summed E-state index contributed by atoms with van der Waals surface area (Å²) in [5, 5.41) is 6.23. The Labute approximate surface area is 135 Å². The van der Waals surface area contributed by atoms with Gasteiger partial charge in [0.2, 0.25) is 5.89 Å². The number of aromatic nitrogens is 2. The molecule has 0 radical (unpaired) electrons. The molecule has 130 valence electrons. The predicted octanol–water partition coefficient (Wildman–Crippen LogP) is 2.16. The van der Waals surface area contributed by atoms with Gasteiger partial charge in [-0.3, -0.25) is 0 Å². The average molecular weight is 327 g/mol. The maximum Gasteiger partial charge on any atom is 0.408 e. The van der Waals surface area contributed by atoms with E-state index < -0.39 is 29.3 Å². The second-order valence-electron chi connectivity index (χ2n) is 7.17. The Kier molecular flexibility index (Phi) is 5.74. The molecule has 0 aromatic carbocycles. The van der Waals surface area contributed by atoms with Gasteiger partial charge in [0.25, 0.3) is 0 Å². The van der Waals surface area contributed by atoms with Crippen molar-refractivity contribution in [2.45, 2.75) is 72.1 Å². The lowest BCUT2D eigenvalue weighted by molar-refractivity contribution is -0.157. The zero-order chi connectivity index (χ0) is 17.8. The van der Waals surface area contributed by atoms with E-state index in [4.69, 9.17) is 14.0 Å². The molecule has 1 rings (SSSR count). The number of hydrogen-bond donors (Lipinski definition) is 1. The number of ether oxygens (including phenoxy) is 2. The van der Waals surface area contributed by atoms with E-state index in [1.165, 1.54) is 0 Å². The number of carbonyl (C=O) groups is 2. The molecule has 0 saturated carbocycles. The Bertz CT molecular complexity index is 554. The Morgan fingerprint density at radius 1 is 1.13 bits per heavy atom. The van der Waals surface area contributed by atoms with Gasteiger partial charge in [0.15, 0.2) is 5.82 Å². The van der Waals surface area contributed by atoms with Gasteiger partial charge in [0.05, 0.1) is 0 Å². The Balaban J connectivity index is 2.83. The van der Waals surface area contributed by atoms with Gasteiger partial charge in [0.1, 0.15) is 17.2 Å². The van der Waals surface area contributed by atoms with E-state index in [0.29, 0.717) is 11.7 Å². The molecule has 1 atom stereocenters. The van der Waals surface area contributed by atoms with E-state index in [-0.39, 0.29) is 6.42 Å². The van der Waals surface area contributed by atoms with Crippen LogP contribution in [-0.2, 0) is 20.7 Å². The third-order valence-corrected chi connectivity index (χ3v) is 2.34. The van der Waals surface area contributed by atoms with Crippen molar-refractivity contribution in [1.29, 1.82) is 0 Å². The minimum atomic E-state index is -0.971. The molecule has 23 heavy (non-hydrogen) atoms. The lowest BCUT2D eigenvalue weighted by Crippen LogP contribution is -2.47. The molecular formula is C15H25N3O5. The molecule has 0 spiro atoms. The fourth-order valence-corrected chi connectivity index (χ4v) is 1.62. The normalized spacial score (nSPS) is 13.3. The standard InChI is InChI=1S/C15H25N3O5/c1-9-16-11(18-23-9)8-10(12(19)21-14(2,3)4)17-13(20)22-15(5,6)7/h10H,8H2,1-7H3,(H,17,20)/t10-/m0/s1. The van der Waals surface area contributed by atoms with Crippen molar-refractivity contribution in [1.82, 2.24) is 15.5 Å². The topological polar surface area (TPSA) is 104 Å². The van der Waals surface area contributed by atoms with E-state index in [2.05, 4.69) is 15.5 Å². The Hall–Kier alpha value is -2.12. The third kappa shape index (κ3) is 7.62. The highest BCUT2D eigenvalue weighted by Gasteiger charge is 2.30. The zero-order valence-corrected chi connectivity index (χ0v) is 14.7. The molecule has 1 aromatic rings. The molecule has 1 N–H and O–H groups in total. The first-order valence-corrected chi connectivity index (χ1v) is 7.37. The van der Waals surface area contributed by atoms with Gasteiger partial charge in [-0.1, -0.05) is 5.16 Å². The van der Waals surface area contributed by atoms with E-state index >= 15 is 0 Å². The molecule has 0 saturated heterocycles. The van der Waals surface area contributed by atoms with Crippen LogP contribution in [0, 0.1) is 6.92 Å². The van der Waals surface area contributed by atoms with Crippen LogP contribution < -0.4 is 5.32 Å². The first kappa shape index (κ1) is 18.9. The van der Waals surface area contributed by atoms with Crippen LogP contribution in [-0.4, -0.2) is 39.4 Å². The predicted molar refractivity (Wildman–Crippen MR) is 81.7 cm³/mol. The quantitative estimate of drug-likeness (QED) is 0.845. The van der Waals surface area contributed by atoms with Crippen molar-refractivity contribution in [2.75, 3.05) is 0 Å². The number of hydrogen-bond acceptors (Lipinski definition) is 7. The molecule has 0 fully saturated rings. The van der Waals surface area contributed by atoms with E-state index in [9.17, 15) is 9.59 Å². The monoisotopic (exact) mass is 327 g/mol. The van der Waals surface area contributed by atoms with Crippen LogP contribution >= 0.6 is 0 Å². The molecule has 1 heterocycles. The summed E-state index contributed by atoms with van der Waals surface area (Å²) in [5.41, 5.74) is -1.36. The second-order valence-corrected chi connectivity index (χ2v) is 7.17. The molecular weight excluding hydrogens is 302 g/mol. The lowest BCUT2D eigenvalue weighted by atomic mass is 10.1. The van der Waals surface area contributed by atoms with Gasteiger partial charge < -0.3 is 19.3 Å². The van der Waals surface area contributed by atoms with Crippen molar-refractivity contribution >= 4 is 12.1 Å². The summed E-state index contributed by atoms with van der Waals surface area (Å²) in [6, 6.07) is -0.971. The van der Waals surface area contributed by atoms with Crippen LogP contribution in [0.3, 0.4) is 0 Å². The Morgan fingerprint density at radius 3 is 2.13 bits per heavy atom. The summed E-state index contributed by atoms with van der Waals surface area (Å²) in [5.74, 6) is 0.0837. The molecule has 8 nitrogen and oxygen atoms in total. The van der Waals surface area contributed by atoms with Gasteiger partial charge in [-0.25, -0.2) is 9.59 Å². The number of nitrogens with one attached hydrogen (secondary N) is 1. The van der Waals surface area contributed by atoms with Crippen LogP contribution in [0.2, 0.25) is 0 Å². The summed E-state index contributed by atoms with van der Waals surface area (Å²) in [7, 11) is 0. The minimum Gasteiger partial charge on any atom is -0.458 e. The molecule has 0 unspecified atom stereocenters. The first-order valence-electron chi connectivity index (χ1n) is 7.37. The first-order chi connectivity index (χ1) is 10.4. The second kappa shape index (κ2) is 6.97. The third-order valence-electron chi connectivity index (χ3n) is 2.34. The zero-order valence-electron chi connectivity index (χ0n) is 14.7. The van der Waals surface area contributed by atoms with Crippen molar-refractivity contribution < 1.29 is 23.6 Å². The van der Waals surface area contributed by atoms with Crippen molar-refractivity contribution in [2.24, 2.45) is 0 Å². The highest BCUT2D eigenvalue weighted by molar-refractivity contribution is 5.81. The fraction of sp³-hybridized carbons (Fsp3) is 0.733. The van der Waals surface area contributed by atoms with Gasteiger partial charge in [-0.15, -0.1) is 0 Å². The van der Waals surface area contributed by atoms with Crippen LogP contribution in [0.5, 0.6) is 0 Å². The smallest absolute Gasteiger partial charge is 0.408 e. The summed E-state index contributed by atoms with van der Waals surface area (Å²) >= 11 is 0. The van der Waals surface area contributed by atoms with Gasteiger partial charge in [-0.05, 0) is 41.5 Å². The molecule has 1 aromatic heterocycles. The number of amides is 1. The molecule has 0 aliphatic heterocycles. The van der Waals surface area contributed by atoms with Crippen molar-refractivity contribution in [3.63, 3.8) is 0 Å². The maximum absolute atomic E-state index is 12.3. The SMILES string of the molecule is Cc1nc(C[C@H](NC(=O)OC(C)(C)C)C(=O)OC(C)(C)C)no1. The molecule has 0 aliphatic carbocycles. The lowest BCUT2D eigenvalue weighted by Gasteiger charge is -2.25. The summed E-state index contributed by atoms with van der Waals surface area (Å²) in [6.07, 6.45) is -0.667. The van der Waals surface area contributed by atoms with E-state index in [0.717, 1.165) is 0 Å². The highest BCUT2D eigenvalue weighted by Crippen LogP contribution is 2.12. The van der Waals surface area contributed by atoms with Gasteiger partial charge in [-0.2, -0.15) is 4.98 Å².